The molecule has 4 N–H and O–H groups in total. The predicted octanol–water partition coefficient (Wildman–Crippen LogP) is 1.49. The molecule has 122 valence electrons. The molecule has 3 rings (SSSR count). The molecule has 9 nitrogen and oxygen atoms in total. The predicted molar refractivity (Wildman–Crippen MR) is 85.3 cm³/mol. The highest BCUT2D eigenvalue weighted by atomic mass is 16.6. The van der Waals surface area contributed by atoms with Crippen LogP contribution in [0.5, 0.6) is 0 Å². The molecule has 0 aliphatic heterocycles. The number of carboxylic acids is 1. The number of nitro groups is 1. The minimum absolute atomic E-state index is 0.119. The lowest BCUT2D eigenvalue weighted by atomic mass is 9.99. The minimum atomic E-state index is -1.06. The molecule has 2 aromatic carbocycles. The van der Waals surface area contributed by atoms with E-state index in [-0.39, 0.29) is 17.6 Å². The topological polar surface area (TPSA) is 148 Å². The SMILES string of the molecule is NC(Cc1ccc(-c2ccc([N+](=O)[O-])c3n[nH]nc23)cc1)C(=O)O. The van der Waals surface area contributed by atoms with Gasteiger partial charge in [-0.05, 0) is 23.6 Å². The molecule has 0 fully saturated rings. The highest BCUT2D eigenvalue weighted by Crippen LogP contribution is 2.31. The number of aromatic amines is 1. The van der Waals surface area contributed by atoms with Gasteiger partial charge in [0.25, 0.3) is 5.69 Å². The maximum Gasteiger partial charge on any atom is 0.320 e. The summed E-state index contributed by atoms with van der Waals surface area (Å²) in [5, 5.41) is 30.1. The average Bonchev–Trinajstić information content (AvgIpc) is 3.04. The number of aliphatic carboxylic acids is 1. The van der Waals surface area contributed by atoms with Crippen molar-refractivity contribution in [3.05, 3.63) is 52.1 Å². The lowest BCUT2D eigenvalue weighted by Gasteiger charge is -2.08. The van der Waals surface area contributed by atoms with Crippen LogP contribution >= 0.6 is 0 Å². The van der Waals surface area contributed by atoms with Crippen LogP contribution in [0.4, 0.5) is 5.69 Å². The van der Waals surface area contributed by atoms with Gasteiger partial charge in [0.05, 0.1) is 4.92 Å². The first-order valence-corrected chi connectivity index (χ1v) is 7.03. The van der Waals surface area contributed by atoms with Crippen molar-refractivity contribution in [1.29, 1.82) is 0 Å². The van der Waals surface area contributed by atoms with E-state index in [1.807, 2.05) is 0 Å². The third-order valence-corrected chi connectivity index (χ3v) is 3.69. The molecule has 0 saturated heterocycles. The number of non-ortho nitro benzene ring substituents is 1. The van der Waals surface area contributed by atoms with Gasteiger partial charge in [0.1, 0.15) is 11.6 Å². The Bertz CT molecular complexity index is 919. The van der Waals surface area contributed by atoms with Crippen LogP contribution in [0.2, 0.25) is 0 Å². The zero-order chi connectivity index (χ0) is 17.3. The number of H-pyrrole nitrogens is 1. The summed E-state index contributed by atoms with van der Waals surface area (Å²) in [5.74, 6) is -1.06. The van der Waals surface area contributed by atoms with E-state index >= 15 is 0 Å². The second kappa shape index (κ2) is 6.05. The fraction of sp³-hybridized carbons (Fsp3) is 0.133. The number of carboxylic acid groups (broad SMARTS) is 1. The van der Waals surface area contributed by atoms with Crippen molar-refractivity contribution in [3.8, 4) is 11.1 Å². The second-order valence-electron chi connectivity index (χ2n) is 5.26. The van der Waals surface area contributed by atoms with Gasteiger partial charge in [0, 0.05) is 11.6 Å². The number of nitro benzene ring substituents is 1. The van der Waals surface area contributed by atoms with Gasteiger partial charge in [-0.3, -0.25) is 14.9 Å². The van der Waals surface area contributed by atoms with Crippen LogP contribution in [0.1, 0.15) is 5.56 Å². The number of aromatic nitrogens is 3. The van der Waals surface area contributed by atoms with Gasteiger partial charge in [0.2, 0.25) is 0 Å². The molecule has 0 aliphatic rings. The summed E-state index contributed by atoms with van der Waals surface area (Å²) < 4.78 is 0. The number of nitrogens with one attached hydrogen (secondary N) is 1. The van der Waals surface area contributed by atoms with Crippen molar-refractivity contribution >= 4 is 22.7 Å². The van der Waals surface area contributed by atoms with Crippen molar-refractivity contribution in [3.63, 3.8) is 0 Å². The van der Waals surface area contributed by atoms with Crippen LogP contribution in [0, 0.1) is 10.1 Å². The molecular formula is C15H13N5O4. The highest BCUT2D eigenvalue weighted by molar-refractivity contribution is 5.96. The monoisotopic (exact) mass is 327 g/mol. The molecule has 0 bridgehead atoms. The van der Waals surface area contributed by atoms with Crippen LogP contribution < -0.4 is 5.73 Å². The first-order chi connectivity index (χ1) is 11.5. The van der Waals surface area contributed by atoms with Crippen LogP contribution in [0.15, 0.2) is 36.4 Å². The van der Waals surface area contributed by atoms with Crippen molar-refractivity contribution in [1.82, 2.24) is 15.4 Å². The Hall–Kier alpha value is -3.33. The van der Waals surface area contributed by atoms with E-state index in [9.17, 15) is 14.9 Å². The lowest BCUT2D eigenvalue weighted by Crippen LogP contribution is -2.32. The smallest absolute Gasteiger partial charge is 0.320 e. The number of rotatable bonds is 5. The Kier molecular flexibility index (Phi) is 3.92. The number of nitrogens with zero attached hydrogens (tertiary/aromatic N) is 3. The Morgan fingerprint density at radius 3 is 2.50 bits per heavy atom. The van der Waals surface area contributed by atoms with E-state index in [1.165, 1.54) is 6.07 Å². The molecule has 3 aromatic rings. The van der Waals surface area contributed by atoms with Crippen LogP contribution in [-0.4, -0.2) is 37.5 Å². The molecular weight excluding hydrogens is 314 g/mol. The molecule has 0 spiro atoms. The standard InChI is InChI=1S/C15H13N5O4/c16-11(15(21)22)7-8-1-3-9(4-2-8)10-5-6-12(20(23)24)14-13(10)17-19-18-14/h1-6,11H,7,16H2,(H,21,22)(H,17,18,19). The molecule has 0 amide bonds. The van der Waals surface area contributed by atoms with Crippen LogP contribution in [-0.2, 0) is 11.2 Å². The van der Waals surface area contributed by atoms with Crippen molar-refractivity contribution in [2.24, 2.45) is 5.73 Å². The number of hydrogen-bond donors (Lipinski definition) is 3. The summed E-state index contributed by atoms with van der Waals surface area (Å²) >= 11 is 0. The van der Waals surface area contributed by atoms with E-state index in [1.54, 1.807) is 30.3 Å². The van der Waals surface area contributed by atoms with E-state index in [2.05, 4.69) is 15.4 Å². The van der Waals surface area contributed by atoms with Crippen molar-refractivity contribution in [2.75, 3.05) is 0 Å². The Labute approximate surface area is 135 Å². The van der Waals surface area contributed by atoms with Gasteiger partial charge in [-0.25, -0.2) is 0 Å². The van der Waals surface area contributed by atoms with Crippen LogP contribution in [0.3, 0.4) is 0 Å². The van der Waals surface area contributed by atoms with E-state index in [0.29, 0.717) is 11.1 Å². The second-order valence-corrected chi connectivity index (χ2v) is 5.26. The normalized spacial score (nSPS) is 12.2. The Balaban J connectivity index is 1.97. The fourth-order valence-corrected chi connectivity index (χ4v) is 2.46. The molecule has 0 aliphatic carbocycles. The van der Waals surface area contributed by atoms with Gasteiger partial charge in [-0.2, -0.15) is 10.3 Å². The van der Waals surface area contributed by atoms with Gasteiger partial charge in [0.15, 0.2) is 5.52 Å². The minimum Gasteiger partial charge on any atom is -0.480 e. The van der Waals surface area contributed by atoms with Gasteiger partial charge in [-0.1, -0.05) is 24.3 Å². The molecule has 1 atom stereocenters. The first-order valence-electron chi connectivity index (χ1n) is 7.03. The summed E-state index contributed by atoms with van der Waals surface area (Å²) in [7, 11) is 0. The van der Waals surface area contributed by atoms with Crippen LogP contribution in [0.25, 0.3) is 22.2 Å². The zero-order valence-corrected chi connectivity index (χ0v) is 12.3. The average molecular weight is 327 g/mol. The summed E-state index contributed by atoms with van der Waals surface area (Å²) in [6.07, 6.45) is 0.218. The third-order valence-electron chi connectivity index (χ3n) is 3.69. The number of fused-ring (bicyclic) bond motifs is 1. The summed E-state index contributed by atoms with van der Waals surface area (Å²) in [6.45, 7) is 0. The van der Waals surface area contributed by atoms with Gasteiger partial charge < -0.3 is 10.8 Å². The lowest BCUT2D eigenvalue weighted by molar-refractivity contribution is -0.383. The molecule has 24 heavy (non-hydrogen) atoms. The van der Waals surface area contributed by atoms with Gasteiger partial charge in [-0.15, -0.1) is 5.10 Å². The largest absolute Gasteiger partial charge is 0.480 e. The summed E-state index contributed by atoms with van der Waals surface area (Å²) in [4.78, 5) is 21.3. The molecule has 1 aromatic heterocycles. The Morgan fingerprint density at radius 2 is 1.88 bits per heavy atom. The van der Waals surface area contributed by atoms with E-state index in [0.717, 1.165) is 11.1 Å². The summed E-state index contributed by atoms with van der Waals surface area (Å²) in [5.41, 5.74) is 8.26. The number of hydrogen-bond acceptors (Lipinski definition) is 6. The Morgan fingerprint density at radius 1 is 1.21 bits per heavy atom. The third kappa shape index (κ3) is 2.79. The molecule has 1 unspecified atom stereocenters. The fourth-order valence-electron chi connectivity index (χ4n) is 2.46. The number of nitrogens with two attached hydrogens (primary N) is 1. The van der Waals surface area contributed by atoms with Gasteiger partial charge >= 0.3 is 5.97 Å². The zero-order valence-electron chi connectivity index (χ0n) is 12.3. The quantitative estimate of drug-likeness (QED) is 0.475. The number of benzene rings is 2. The molecule has 9 heteroatoms. The maximum atomic E-state index is 11.0. The molecule has 1 heterocycles. The molecule has 0 saturated carbocycles. The highest BCUT2D eigenvalue weighted by Gasteiger charge is 2.19. The first kappa shape index (κ1) is 15.6. The van der Waals surface area contributed by atoms with Crippen molar-refractivity contribution in [2.45, 2.75) is 12.5 Å². The van der Waals surface area contributed by atoms with E-state index in [4.69, 9.17) is 10.8 Å². The van der Waals surface area contributed by atoms with E-state index < -0.39 is 16.9 Å². The maximum absolute atomic E-state index is 11.0. The molecule has 0 radical (unpaired) electrons. The number of carbonyl (C=O) groups is 1. The van der Waals surface area contributed by atoms with Crippen molar-refractivity contribution < 1.29 is 14.8 Å². The summed E-state index contributed by atoms with van der Waals surface area (Å²) in [6, 6.07) is 9.16.